The SMILES string of the molecule is COc1cccc(N2C3=NC4C(C(=O)N(CCCO)C(=O)N4C)N3C(C)=C2C)c1. The smallest absolute Gasteiger partial charge is 0.328 e. The topological polar surface area (TPSA) is 88.9 Å². The number of imide groups is 1. The van der Waals surface area contributed by atoms with Crippen molar-refractivity contribution in [2.45, 2.75) is 32.5 Å². The van der Waals surface area contributed by atoms with Crippen LogP contribution in [-0.4, -0.2) is 77.2 Å². The number of amides is 3. The van der Waals surface area contributed by atoms with Crippen molar-refractivity contribution >= 4 is 23.6 Å². The Hall–Kier alpha value is -3.07. The third-order valence-corrected chi connectivity index (χ3v) is 5.74. The van der Waals surface area contributed by atoms with Crippen molar-refractivity contribution < 1.29 is 19.4 Å². The second-order valence-corrected chi connectivity index (χ2v) is 7.33. The van der Waals surface area contributed by atoms with Crippen LogP contribution in [0.4, 0.5) is 10.5 Å². The van der Waals surface area contributed by atoms with Crippen LogP contribution in [0.5, 0.6) is 5.75 Å². The standard InChI is InChI=1S/C20H25N5O4/c1-12-13(2)25-16-17(22(3)20(28)23(18(16)27)9-6-10-26)21-19(25)24(12)14-7-5-8-15(11-14)29-4/h5,7-8,11,16-17,26H,6,9-10H2,1-4H3. The summed E-state index contributed by atoms with van der Waals surface area (Å²) >= 11 is 0. The lowest BCUT2D eigenvalue weighted by molar-refractivity contribution is -0.136. The fourth-order valence-corrected chi connectivity index (χ4v) is 4.11. The van der Waals surface area contributed by atoms with Gasteiger partial charge in [-0.25, -0.2) is 9.79 Å². The highest BCUT2D eigenvalue weighted by molar-refractivity contribution is 6.10. The number of ether oxygens (including phenoxy) is 1. The lowest BCUT2D eigenvalue weighted by atomic mass is 10.1. The first-order valence-electron chi connectivity index (χ1n) is 9.58. The highest BCUT2D eigenvalue weighted by atomic mass is 16.5. The van der Waals surface area contributed by atoms with Crippen LogP contribution < -0.4 is 9.64 Å². The average molecular weight is 399 g/mol. The lowest BCUT2D eigenvalue weighted by Gasteiger charge is -2.40. The maximum Gasteiger partial charge on any atom is 0.328 e. The average Bonchev–Trinajstić information content (AvgIpc) is 3.22. The van der Waals surface area contributed by atoms with E-state index in [2.05, 4.69) is 0 Å². The molecule has 0 spiro atoms. The minimum absolute atomic E-state index is 0.0814. The number of likely N-dealkylation sites (N-methyl/N-ethyl adjacent to an activating group) is 1. The summed E-state index contributed by atoms with van der Waals surface area (Å²) in [6.45, 7) is 4.04. The molecule has 0 radical (unpaired) electrons. The first-order valence-corrected chi connectivity index (χ1v) is 9.58. The molecule has 1 fully saturated rings. The number of benzene rings is 1. The molecule has 1 saturated heterocycles. The number of anilines is 1. The van der Waals surface area contributed by atoms with Crippen molar-refractivity contribution in [2.75, 3.05) is 32.2 Å². The molecule has 1 N–H and O–H groups in total. The Kier molecular flexibility index (Phi) is 4.70. The first-order chi connectivity index (χ1) is 13.9. The largest absolute Gasteiger partial charge is 0.497 e. The van der Waals surface area contributed by atoms with E-state index in [1.54, 1.807) is 14.2 Å². The van der Waals surface area contributed by atoms with E-state index in [0.29, 0.717) is 12.4 Å². The predicted octanol–water partition coefficient (Wildman–Crippen LogP) is 1.41. The van der Waals surface area contributed by atoms with Gasteiger partial charge in [0, 0.05) is 37.7 Å². The predicted molar refractivity (Wildman–Crippen MR) is 107 cm³/mol. The zero-order valence-corrected chi connectivity index (χ0v) is 17.0. The van der Waals surface area contributed by atoms with Crippen molar-refractivity contribution in [1.82, 2.24) is 14.7 Å². The fourth-order valence-electron chi connectivity index (χ4n) is 4.11. The van der Waals surface area contributed by atoms with E-state index >= 15 is 0 Å². The Morgan fingerprint density at radius 1 is 1.21 bits per heavy atom. The number of fused-ring (bicyclic) bond motifs is 3. The summed E-state index contributed by atoms with van der Waals surface area (Å²) in [4.78, 5) is 37.3. The van der Waals surface area contributed by atoms with Gasteiger partial charge in [-0.3, -0.25) is 19.5 Å². The van der Waals surface area contributed by atoms with Gasteiger partial charge in [-0.2, -0.15) is 0 Å². The van der Waals surface area contributed by atoms with Crippen molar-refractivity contribution in [3.05, 3.63) is 35.7 Å². The Balaban J connectivity index is 1.74. The van der Waals surface area contributed by atoms with Gasteiger partial charge < -0.3 is 14.7 Å². The minimum atomic E-state index is -0.614. The third kappa shape index (κ3) is 2.76. The van der Waals surface area contributed by atoms with E-state index in [1.807, 2.05) is 47.9 Å². The van der Waals surface area contributed by atoms with Crippen LogP contribution in [-0.2, 0) is 4.79 Å². The van der Waals surface area contributed by atoms with Crippen LogP contribution in [0.1, 0.15) is 20.3 Å². The molecule has 3 amide bonds. The minimum Gasteiger partial charge on any atom is -0.497 e. The van der Waals surface area contributed by atoms with E-state index in [4.69, 9.17) is 14.8 Å². The molecular weight excluding hydrogens is 374 g/mol. The number of rotatable bonds is 5. The monoisotopic (exact) mass is 399 g/mol. The first kappa shape index (κ1) is 19.3. The molecule has 0 aromatic heterocycles. The maximum atomic E-state index is 13.2. The number of guanidine groups is 1. The van der Waals surface area contributed by atoms with Crippen LogP contribution >= 0.6 is 0 Å². The van der Waals surface area contributed by atoms with Gasteiger partial charge in [0.05, 0.1) is 12.8 Å². The van der Waals surface area contributed by atoms with Crippen molar-refractivity contribution in [2.24, 2.45) is 4.99 Å². The summed E-state index contributed by atoms with van der Waals surface area (Å²) < 4.78 is 5.35. The molecule has 1 aromatic carbocycles. The number of carbonyl (C=O) groups excluding carboxylic acids is 2. The van der Waals surface area contributed by atoms with Gasteiger partial charge in [0.2, 0.25) is 5.96 Å². The van der Waals surface area contributed by atoms with E-state index in [1.165, 1.54) is 9.80 Å². The molecule has 154 valence electrons. The Labute approximate surface area is 169 Å². The molecule has 4 rings (SSSR count). The molecule has 0 saturated carbocycles. The van der Waals surface area contributed by atoms with Crippen LogP contribution in [0.2, 0.25) is 0 Å². The summed E-state index contributed by atoms with van der Waals surface area (Å²) in [6.07, 6.45) is -0.244. The van der Waals surface area contributed by atoms with E-state index in [-0.39, 0.29) is 25.1 Å². The molecule has 3 aliphatic heterocycles. The molecule has 0 bridgehead atoms. The third-order valence-electron chi connectivity index (χ3n) is 5.74. The highest BCUT2D eigenvalue weighted by Crippen LogP contribution is 2.40. The zero-order chi connectivity index (χ0) is 20.9. The summed E-state index contributed by atoms with van der Waals surface area (Å²) in [6, 6.07) is 6.64. The van der Waals surface area contributed by atoms with Crippen LogP contribution in [0.25, 0.3) is 0 Å². The van der Waals surface area contributed by atoms with Gasteiger partial charge in [-0.15, -0.1) is 0 Å². The Morgan fingerprint density at radius 2 is 1.97 bits per heavy atom. The fraction of sp³-hybridized carbons (Fsp3) is 0.450. The van der Waals surface area contributed by atoms with Crippen molar-refractivity contribution in [3.63, 3.8) is 0 Å². The number of aliphatic imine (C=N–C) groups is 1. The molecule has 9 heteroatoms. The van der Waals surface area contributed by atoms with Gasteiger partial charge in [-0.1, -0.05) is 6.07 Å². The van der Waals surface area contributed by atoms with Crippen LogP contribution in [0.15, 0.2) is 40.7 Å². The van der Waals surface area contributed by atoms with Gasteiger partial charge >= 0.3 is 6.03 Å². The molecule has 1 aromatic rings. The summed E-state index contributed by atoms with van der Waals surface area (Å²) in [5.74, 6) is 1.06. The highest BCUT2D eigenvalue weighted by Gasteiger charge is 2.55. The quantitative estimate of drug-likeness (QED) is 0.805. The van der Waals surface area contributed by atoms with E-state index in [9.17, 15) is 9.59 Å². The maximum absolute atomic E-state index is 13.2. The number of hydrogen-bond donors (Lipinski definition) is 1. The molecule has 3 aliphatic rings. The molecule has 3 heterocycles. The summed E-state index contributed by atoms with van der Waals surface area (Å²) in [7, 11) is 3.28. The number of aliphatic hydroxyl groups excluding tert-OH is 1. The summed E-state index contributed by atoms with van der Waals surface area (Å²) in [5.41, 5.74) is 2.75. The van der Waals surface area contributed by atoms with E-state index < -0.39 is 12.2 Å². The second-order valence-electron chi connectivity index (χ2n) is 7.33. The van der Waals surface area contributed by atoms with Crippen molar-refractivity contribution in [3.8, 4) is 5.75 Å². The van der Waals surface area contributed by atoms with Gasteiger partial charge in [-0.05, 0) is 32.4 Å². The number of urea groups is 1. The molecule has 2 unspecified atom stereocenters. The lowest BCUT2D eigenvalue weighted by Crippen LogP contribution is -2.64. The zero-order valence-electron chi connectivity index (χ0n) is 17.0. The van der Waals surface area contributed by atoms with Crippen LogP contribution in [0.3, 0.4) is 0 Å². The van der Waals surface area contributed by atoms with Crippen molar-refractivity contribution in [1.29, 1.82) is 0 Å². The number of allylic oxidation sites excluding steroid dienone is 2. The number of hydrogen-bond acceptors (Lipinski definition) is 7. The number of carbonyl (C=O) groups is 2. The second kappa shape index (κ2) is 7.07. The molecule has 2 atom stereocenters. The number of methoxy groups -OCH3 is 1. The number of nitrogens with zero attached hydrogens (tertiary/aromatic N) is 5. The van der Waals surface area contributed by atoms with Crippen LogP contribution in [0, 0.1) is 0 Å². The van der Waals surface area contributed by atoms with Gasteiger partial charge in [0.1, 0.15) is 5.75 Å². The van der Waals surface area contributed by atoms with E-state index in [0.717, 1.165) is 22.8 Å². The molecule has 9 nitrogen and oxygen atoms in total. The van der Waals surface area contributed by atoms with Gasteiger partial charge in [0.15, 0.2) is 12.2 Å². The Bertz CT molecular complexity index is 927. The molecule has 0 aliphatic carbocycles. The summed E-state index contributed by atoms with van der Waals surface area (Å²) in [5, 5.41) is 9.13. The van der Waals surface area contributed by atoms with Gasteiger partial charge in [0.25, 0.3) is 5.91 Å². The normalized spacial score (nSPS) is 23.7. The number of aliphatic hydroxyl groups is 1. The molecule has 29 heavy (non-hydrogen) atoms. The molecular formula is C20H25N5O4. The Morgan fingerprint density at radius 3 is 2.66 bits per heavy atom.